The number of imidazole rings is 1. The third-order valence-corrected chi connectivity index (χ3v) is 5.02. The Hall–Kier alpha value is -3.40. The zero-order valence-corrected chi connectivity index (χ0v) is 15.5. The first-order valence-electron chi connectivity index (χ1n) is 8.49. The van der Waals surface area contributed by atoms with Gasteiger partial charge in [0, 0.05) is 16.6 Å². The molecule has 0 fully saturated rings. The van der Waals surface area contributed by atoms with Gasteiger partial charge in [0.05, 0.1) is 6.54 Å². The normalized spacial score (nSPS) is 12.6. The molecule has 10 heteroatoms. The molecule has 0 radical (unpaired) electrons. The van der Waals surface area contributed by atoms with Crippen molar-refractivity contribution in [2.24, 2.45) is 0 Å². The van der Waals surface area contributed by atoms with Gasteiger partial charge in [0.2, 0.25) is 12.2 Å². The van der Waals surface area contributed by atoms with Crippen molar-refractivity contribution in [1.82, 2.24) is 9.55 Å². The highest BCUT2D eigenvalue weighted by Gasteiger charge is 2.22. The highest BCUT2D eigenvalue weighted by molar-refractivity contribution is 7.09. The maximum Gasteiger partial charge on any atom is 0.381 e. The van der Waals surface area contributed by atoms with Gasteiger partial charge in [-0.25, -0.2) is 0 Å². The summed E-state index contributed by atoms with van der Waals surface area (Å²) in [6.07, 6.45) is 2.52. The van der Waals surface area contributed by atoms with E-state index in [1.165, 1.54) is 17.1 Å². The van der Waals surface area contributed by atoms with E-state index < -0.39 is 4.92 Å². The molecule has 1 aliphatic heterocycles. The van der Waals surface area contributed by atoms with Gasteiger partial charge < -0.3 is 29.1 Å². The molecule has 3 aromatic rings. The summed E-state index contributed by atoms with van der Waals surface area (Å²) in [6, 6.07) is 9.23. The van der Waals surface area contributed by atoms with Crippen molar-refractivity contribution in [2.75, 3.05) is 18.1 Å². The van der Waals surface area contributed by atoms with Gasteiger partial charge in [-0.1, -0.05) is 6.07 Å². The summed E-state index contributed by atoms with van der Waals surface area (Å²) in [5.41, 5.74) is 0.664. The minimum Gasteiger partial charge on any atom is -0.486 e. The summed E-state index contributed by atoms with van der Waals surface area (Å²) in [4.78, 5) is 29.6. The minimum absolute atomic E-state index is 0.0688. The molecule has 0 unspecified atom stereocenters. The van der Waals surface area contributed by atoms with Gasteiger partial charge in [-0.2, -0.15) is 0 Å². The van der Waals surface area contributed by atoms with E-state index in [0.29, 0.717) is 36.9 Å². The number of carbonyl (C=O) groups excluding carboxylic acids is 1. The number of amides is 1. The first-order chi connectivity index (χ1) is 13.6. The largest absolute Gasteiger partial charge is 0.486 e. The number of thiophene rings is 1. The van der Waals surface area contributed by atoms with Crippen molar-refractivity contribution in [1.29, 1.82) is 0 Å². The van der Waals surface area contributed by atoms with Gasteiger partial charge in [0.25, 0.3) is 0 Å². The summed E-state index contributed by atoms with van der Waals surface area (Å²) >= 11 is 1.55. The molecule has 144 valence electrons. The average Bonchev–Trinajstić information content (AvgIpc) is 3.37. The third kappa shape index (κ3) is 3.81. The second kappa shape index (κ2) is 7.69. The van der Waals surface area contributed by atoms with Gasteiger partial charge >= 0.3 is 5.82 Å². The number of hydrogen-bond acceptors (Lipinski definition) is 7. The number of ether oxygens (including phenoxy) is 2. The van der Waals surface area contributed by atoms with E-state index in [9.17, 15) is 14.9 Å². The molecule has 1 aromatic carbocycles. The number of nitro groups is 1. The molecule has 0 spiro atoms. The lowest BCUT2D eigenvalue weighted by Crippen LogP contribution is -2.33. The predicted molar refractivity (Wildman–Crippen MR) is 102 cm³/mol. The van der Waals surface area contributed by atoms with E-state index >= 15 is 0 Å². The monoisotopic (exact) mass is 400 g/mol. The fourth-order valence-corrected chi connectivity index (χ4v) is 3.55. The Balaban J connectivity index is 1.61. The number of aromatic nitrogens is 2. The van der Waals surface area contributed by atoms with Crippen LogP contribution in [0.4, 0.5) is 11.5 Å². The Morgan fingerprint density at radius 3 is 2.82 bits per heavy atom. The van der Waals surface area contributed by atoms with Crippen LogP contribution in [0.3, 0.4) is 0 Å². The maximum atomic E-state index is 13.0. The van der Waals surface area contributed by atoms with Crippen LogP contribution < -0.4 is 14.4 Å². The van der Waals surface area contributed by atoms with Crippen LogP contribution in [-0.2, 0) is 17.9 Å². The van der Waals surface area contributed by atoms with E-state index in [0.717, 1.165) is 4.88 Å². The summed E-state index contributed by atoms with van der Waals surface area (Å²) in [5, 5.41) is 12.8. The molecular formula is C18H16N4O5S. The number of rotatable bonds is 6. The molecule has 0 bridgehead atoms. The Morgan fingerprint density at radius 1 is 1.29 bits per heavy atom. The summed E-state index contributed by atoms with van der Waals surface area (Å²) in [5.74, 6) is 0.712. The molecule has 0 N–H and O–H groups in total. The summed E-state index contributed by atoms with van der Waals surface area (Å²) in [7, 11) is 0. The lowest BCUT2D eigenvalue weighted by Gasteiger charge is -2.25. The molecule has 28 heavy (non-hydrogen) atoms. The van der Waals surface area contributed by atoms with Crippen molar-refractivity contribution in [2.45, 2.75) is 13.1 Å². The number of nitrogens with zero attached hydrogens (tertiary/aromatic N) is 4. The zero-order valence-electron chi connectivity index (χ0n) is 14.7. The second-order valence-corrected chi connectivity index (χ2v) is 7.08. The second-order valence-electron chi connectivity index (χ2n) is 6.05. The Kier molecular flexibility index (Phi) is 4.94. The number of anilines is 1. The third-order valence-electron chi connectivity index (χ3n) is 4.16. The van der Waals surface area contributed by atoms with Crippen LogP contribution in [0, 0.1) is 10.1 Å². The van der Waals surface area contributed by atoms with Crippen molar-refractivity contribution in [3.63, 3.8) is 0 Å². The smallest absolute Gasteiger partial charge is 0.381 e. The molecule has 0 atom stereocenters. The molecule has 9 nitrogen and oxygen atoms in total. The van der Waals surface area contributed by atoms with E-state index in [1.54, 1.807) is 34.4 Å². The number of hydrogen-bond donors (Lipinski definition) is 0. The van der Waals surface area contributed by atoms with Crippen molar-refractivity contribution in [3.8, 4) is 11.5 Å². The number of carbonyl (C=O) groups is 1. The predicted octanol–water partition coefficient (Wildman–Crippen LogP) is 2.86. The number of fused-ring (bicyclic) bond motifs is 1. The lowest BCUT2D eigenvalue weighted by atomic mass is 10.2. The first-order valence-corrected chi connectivity index (χ1v) is 9.36. The van der Waals surface area contributed by atoms with Crippen molar-refractivity contribution >= 4 is 28.7 Å². The first kappa shape index (κ1) is 18.0. The molecule has 0 saturated carbocycles. The summed E-state index contributed by atoms with van der Waals surface area (Å²) in [6.45, 7) is 1.26. The molecule has 1 aliphatic rings. The molecular weight excluding hydrogens is 384 g/mol. The van der Waals surface area contributed by atoms with Crippen LogP contribution in [0.25, 0.3) is 0 Å². The fraction of sp³-hybridized carbons (Fsp3) is 0.222. The maximum absolute atomic E-state index is 13.0. The molecule has 0 aliphatic carbocycles. The SMILES string of the molecule is O=C(Cn1cnc([N+](=O)[O-])c1)N(Cc1cccs1)c1ccc2c(c1)OCCO2. The van der Waals surface area contributed by atoms with Crippen LogP contribution in [-0.4, -0.2) is 33.6 Å². The topological polar surface area (TPSA) is 99.7 Å². The molecule has 1 amide bonds. The van der Waals surface area contributed by atoms with E-state index in [1.807, 2.05) is 17.5 Å². The lowest BCUT2D eigenvalue weighted by molar-refractivity contribution is -0.389. The Bertz CT molecular complexity index is 1000. The Morgan fingerprint density at radius 2 is 2.11 bits per heavy atom. The van der Waals surface area contributed by atoms with Gasteiger partial charge in [-0.3, -0.25) is 4.79 Å². The zero-order chi connectivity index (χ0) is 19.5. The van der Waals surface area contributed by atoms with E-state index in [2.05, 4.69) is 4.98 Å². The Labute approximate surface area is 163 Å². The quantitative estimate of drug-likeness (QED) is 0.466. The molecule has 3 heterocycles. The van der Waals surface area contributed by atoms with Crippen LogP contribution in [0.1, 0.15) is 4.88 Å². The van der Waals surface area contributed by atoms with Gasteiger partial charge in [0.1, 0.15) is 26.0 Å². The summed E-state index contributed by atoms with van der Waals surface area (Å²) < 4.78 is 12.6. The van der Waals surface area contributed by atoms with Crippen LogP contribution in [0.15, 0.2) is 48.2 Å². The van der Waals surface area contributed by atoms with Gasteiger partial charge in [-0.15, -0.1) is 11.3 Å². The van der Waals surface area contributed by atoms with Crippen molar-refractivity contribution < 1.29 is 19.2 Å². The van der Waals surface area contributed by atoms with Gasteiger partial charge in [0.15, 0.2) is 11.5 Å². The van der Waals surface area contributed by atoms with E-state index in [4.69, 9.17) is 9.47 Å². The minimum atomic E-state index is -0.592. The fourth-order valence-electron chi connectivity index (χ4n) is 2.85. The highest BCUT2D eigenvalue weighted by atomic mass is 32.1. The average molecular weight is 400 g/mol. The molecule has 4 rings (SSSR count). The molecule has 0 saturated heterocycles. The van der Waals surface area contributed by atoms with Gasteiger partial charge in [-0.05, 0) is 33.5 Å². The highest BCUT2D eigenvalue weighted by Crippen LogP contribution is 2.34. The molecule has 2 aromatic heterocycles. The van der Waals surface area contributed by atoms with Crippen LogP contribution in [0.2, 0.25) is 0 Å². The van der Waals surface area contributed by atoms with E-state index in [-0.39, 0.29) is 18.3 Å². The van der Waals surface area contributed by atoms with Crippen LogP contribution >= 0.6 is 11.3 Å². The van der Waals surface area contributed by atoms with Crippen molar-refractivity contribution in [3.05, 3.63) is 63.2 Å². The van der Waals surface area contributed by atoms with Crippen LogP contribution in [0.5, 0.6) is 11.5 Å². The number of benzene rings is 1. The standard InChI is InChI=1S/C18H16N4O5S/c23-18(11-20-10-17(19-12-20)22(24)25)21(9-14-2-1-7-28-14)13-3-4-15-16(8-13)27-6-5-26-15/h1-4,7-8,10,12H,5-6,9,11H2.